The molecule has 1 aliphatic carbocycles. The molecule has 28 heavy (non-hydrogen) atoms. The number of likely N-dealkylation sites (tertiary alicyclic amines) is 1. The number of hydrogen-bond acceptors (Lipinski definition) is 3. The first-order chi connectivity index (χ1) is 12.6. The summed E-state index contributed by atoms with van der Waals surface area (Å²) >= 11 is 0. The maximum absolute atomic E-state index is 13.4. The van der Waals surface area contributed by atoms with Crippen molar-refractivity contribution in [2.24, 2.45) is 10.8 Å². The first kappa shape index (κ1) is 23.0. The topological polar surface area (TPSA) is 49.9 Å². The van der Waals surface area contributed by atoms with Gasteiger partial charge in [-0.25, -0.2) is 4.79 Å². The van der Waals surface area contributed by atoms with Gasteiger partial charge in [0.15, 0.2) is 0 Å². The Morgan fingerprint density at radius 3 is 2.00 bits per heavy atom. The van der Waals surface area contributed by atoms with Gasteiger partial charge in [0.05, 0.1) is 6.04 Å². The van der Waals surface area contributed by atoms with E-state index >= 15 is 0 Å². The zero-order chi connectivity index (χ0) is 21.5. The lowest BCUT2D eigenvalue weighted by atomic mass is 9.74. The SMILES string of the molecule is CC1CC(N(C(=O)C(C)(C)C)C2CCC(C)(C)CC2)CN1C(=O)OC(C)(C)C. The zero-order valence-electron chi connectivity index (χ0n) is 19.6. The quantitative estimate of drug-likeness (QED) is 0.644. The van der Waals surface area contributed by atoms with Crippen LogP contribution in [0.5, 0.6) is 0 Å². The van der Waals surface area contributed by atoms with E-state index < -0.39 is 11.0 Å². The Morgan fingerprint density at radius 1 is 1.00 bits per heavy atom. The molecule has 2 atom stereocenters. The van der Waals surface area contributed by atoms with Crippen LogP contribution in [0.25, 0.3) is 0 Å². The minimum absolute atomic E-state index is 0.0699. The number of rotatable bonds is 2. The molecule has 2 rings (SSSR count). The summed E-state index contributed by atoms with van der Waals surface area (Å²) in [5.74, 6) is 0.209. The van der Waals surface area contributed by atoms with Gasteiger partial charge in [-0.3, -0.25) is 4.79 Å². The van der Waals surface area contributed by atoms with Crippen molar-refractivity contribution in [2.75, 3.05) is 6.54 Å². The van der Waals surface area contributed by atoms with Crippen molar-refractivity contribution in [1.82, 2.24) is 9.80 Å². The zero-order valence-corrected chi connectivity index (χ0v) is 19.6. The molecule has 0 aromatic carbocycles. The minimum atomic E-state index is -0.509. The van der Waals surface area contributed by atoms with Gasteiger partial charge in [-0.1, -0.05) is 34.6 Å². The predicted octanol–water partition coefficient (Wildman–Crippen LogP) is 5.23. The number of hydrogen-bond donors (Lipinski definition) is 0. The summed E-state index contributed by atoms with van der Waals surface area (Å²) in [6.07, 6.45) is 4.93. The van der Waals surface area contributed by atoms with Crippen molar-refractivity contribution in [1.29, 1.82) is 0 Å². The molecule has 0 aromatic rings. The lowest BCUT2D eigenvalue weighted by Gasteiger charge is -2.45. The Kier molecular flexibility index (Phi) is 6.47. The molecular formula is C23H42N2O3. The van der Waals surface area contributed by atoms with Gasteiger partial charge in [-0.2, -0.15) is 0 Å². The van der Waals surface area contributed by atoms with E-state index in [2.05, 4.69) is 25.7 Å². The summed E-state index contributed by atoms with van der Waals surface area (Å²) in [6.45, 7) is 18.9. The van der Waals surface area contributed by atoms with Crippen molar-refractivity contribution in [3.05, 3.63) is 0 Å². The normalized spacial score (nSPS) is 26.2. The van der Waals surface area contributed by atoms with Gasteiger partial charge in [0.25, 0.3) is 0 Å². The highest BCUT2D eigenvalue weighted by Crippen LogP contribution is 2.40. The second kappa shape index (κ2) is 7.87. The fraction of sp³-hybridized carbons (Fsp3) is 0.913. The van der Waals surface area contributed by atoms with Crippen molar-refractivity contribution in [2.45, 2.75) is 118 Å². The summed E-state index contributed by atoms with van der Waals surface area (Å²) in [6, 6.07) is 0.422. The third kappa shape index (κ3) is 5.64. The van der Waals surface area contributed by atoms with Crippen LogP contribution in [0.1, 0.15) is 94.4 Å². The van der Waals surface area contributed by atoms with Crippen LogP contribution in [0.3, 0.4) is 0 Å². The molecule has 2 aliphatic rings. The van der Waals surface area contributed by atoms with Gasteiger partial charge in [0.2, 0.25) is 5.91 Å². The van der Waals surface area contributed by atoms with Crippen molar-refractivity contribution in [3.8, 4) is 0 Å². The van der Waals surface area contributed by atoms with Crippen molar-refractivity contribution < 1.29 is 14.3 Å². The third-order valence-corrected chi connectivity index (χ3v) is 6.15. The molecule has 0 radical (unpaired) electrons. The molecule has 5 heteroatoms. The lowest BCUT2D eigenvalue weighted by Crippen LogP contribution is -2.53. The maximum Gasteiger partial charge on any atom is 0.410 e. The van der Waals surface area contributed by atoms with Crippen LogP contribution in [-0.2, 0) is 9.53 Å². The largest absolute Gasteiger partial charge is 0.444 e. The first-order valence-corrected chi connectivity index (χ1v) is 10.9. The van der Waals surface area contributed by atoms with Crippen LogP contribution in [0.15, 0.2) is 0 Å². The van der Waals surface area contributed by atoms with E-state index in [1.807, 2.05) is 46.4 Å². The minimum Gasteiger partial charge on any atom is -0.444 e. The number of carbonyl (C=O) groups excluding carboxylic acids is 2. The molecule has 2 amide bonds. The smallest absolute Gasteiger partial charge is 0.410 e. The molecule has 1 saturated carbocycles. The Labute approximate surface area is 172 Å². The van der Waals surface area contributed by atoms with Gasteiger partial charge < -0.3 is 14.5 Å². The number of carbonyl (C=O) groups is 2. The third-order valence-electron chi connectivity index (χ3n) is 6.15. The van der Waals surface area contributed by atoms with E-state index in [0.29, 0.717) is 12.0 Å². The van der Waals surface area contributed by atoms with Crippen LogP contribution < -0.4 is 0 Å². The van der Waals surface area contributed by atoms with Gasteiger partial charge in [0.1, 0.15) is 5.60 Å². The van der Waals surface area contributed by atoms with E-state index in [1.54, 1.807) is 0 Å². The highest BCUT2D eigenvalue weighted by atomic mass is 16.6. The fourth-order valence-electron chi connectivity index (χ4n) is 4.46. The van der Waals surface area contributed by atoms with Crippen LogP contribution >= 0.6 is 0 Å². The van der Waals surface area contributed by atoms with Crippen LogP contribution in [0.2, 0.25) is 0 Å². The lowest BCUT2D eigenvalue weighted by molar-refractivity contribution is -0.146. The van der Waals surface area contributed by atoms with Gasteiger partial charge in [0, 0.05) is 24.0 Å². The van der Waals surface area contributed by atoms with Crippen LogP contribution in [0.4, 0.5) is 4.79 Å². The summed E-state index contributed by atoms with van der Waals surface area (Å²) in [5, 5.41) is 0. The molecule has 1 aliphatic heterocycles. The maximum atomic E-state index is 13.4. The fourth-order valence-corrected chi connectivity index (χ4v) is 4.46. The molecule has 2 unspecified atom stereocenters. The summed E-state index contributed by atoms with van der Waals surface area (Å²) < 4.78 is 5.60. The molecule has 0 N–H and O–H groups in total. The number of nitrogens with zero attached hydrogens (tertiary/aromatic N) is 2. The molecule has 1 heterocycles. The van der Waals surface area contributed by atoms with Crippen molar-refractivity contribution in [3.63, 3.8) is 0 Å². The van der Waals surface area contributed by atoms with Gasteiger partial charge >= 0.3 is 6.09 Å². The van der Waals surface area contributed by atoms with E-state index in [-0.39, 0.29) is 30.1 Å². The van der Waals surface area contributed by atoms with E-state index in [9.17, 15) is 9.59 Å². The molecule has 5 nitrogen and oxygen atoms in total. The monoisotopic (exact) mass is 394 g/mol. The number of ether oxygens (including phenoxy) is 1. The van der Waals surface area contributed by atoms with Crippen LogP contribution in [-0.4, -0.2) is 52.1 Å². The summed E-state index contributed by atoms with van der Waals surface area (Å²) in [4.78, 5) is 30.0. The van der Waals surface area contributed by atoms with Crippen LogP contribution in [0, 0.1) is 10.8 Å². The molecule has 0 aromatic heterocycles. The van der Waals surface area contributed by atoms with E-state index in [4.69, 9.17) is 4.74 Å². The standard InChI is InChI=1S/C23H42N2O3/c1-16-14-18(15-24(16)20(27)28-22(5,6)7)25(19(26)21(2,3)4)17-10-12-23(8,9)13-11-17/h16-18H,10-15H2,1-9H3. The van der Waals surface area contributed by atoms with E-state index in [0.717, 1.165) is 32.1 Å². The Bertz CT molecular complexity index is 576. The highest BCUT2D eigenvalue weighted by Gasteiger charge is 2.44. The van der Waals surface area contributed by atoms with Gasteiger partial charge in [-0.05, 0) is 65.2 Å². The molecule has 162 valence electrons. The average Bonchev–Trinajstić information content (AvgIpc) is 2.88. The molecule has 0 bridgehead atoms. The van der Waals surface area contributed by atoms with Crippen molar-refractivity contribution >= 4 is 12.0 Å². The molecule has 1 saturated heterocycles. The molecule has 0 spiro atoms. The predicted molar refractivity (Wildman–Crippen MR) is 113 cm³/mol. The molecule has 2 fully saturated rings. The molecular weight excluding hydrogens is 352 g/mol. The average molecular weight is 395 g/mol. The Hall–Kier alpha value is -1.26. The second-order valence-electron chi connectivity index (χ2n) is 11.7. The Morgan fingerprint density at radius 2 is 1.54 bits per heavy atom. The van der Waals surface area contributed by atoms with E-state index in [1.165, 1.54) is 0 Å². The summed E-state index contributed by atoms with van der Waals surface area (Å²) in [5.41, 5.74) is -0.571. The number of amides is 2. The second-order valence-corrected chi connectivity index (χ2v) is 11.7. The summed E-state index contributed by atoms with van der Waals surface area (Å²) in [7, 11) is 0. The first-order valence-electron chi connectivity index (χ1n) is 10.9. The van der Waals surface area contributed by atoms with Gasteiger partial charge in [-0.15, -0.1) is 0 Å². The Balaban J connectivity index is 2.20. The highest BCUT2D eigenvalue weighted by molar-refractivity contribution is 5.82.